The van der Waals surface area contributed by atoms with E-state index in [1.54, 1.807) is 24.3 Å². The second-order valence-electron chi connectivity index (χ2n) is 11.0. The summed E-state index contributed by atoms with van der Waals surface area (Å²) in [6.07, 6.45) is 8.03. The Labute approximate surface area is 235 Å². The normalized spacial score (nSPS) is 24.6. The number of carbonyl (C=O) groups is 3. The predicted molar refractivity (Wildman–Crippen MR) is 152 cm³/mol. The van der Waals surface area contributed by atoms with Crippen LogP contribution in [0.25, 0.3) is 0 Å². The van der Waals surface area contributed by atoms with Crippen LogP contribution in [0.1, 0.15) is 73.1 Å². The van der Waals surface area contributed by atoms with E-state index in [0.29, 0.717) is 37.3 Å². The number of Topliss-reactive ketones (excluding diaryl/α,β-unsaturated/α-hetero) is 2. The molecule has 1 aromatic rings. The van der Waals surface area contributed by atoms with Gasteiger partial charge in [-0.05, 0) is 50.5 Å². The molecule has 2 heterocycles. The Morgan fingerprint density at radius 3 is 2.62 bits per heavy atom. The predicted octanol–water partition coefficient (Wildman–Crippen LogP) is 2.95. The molecule has 216 valence electrons. The number of hydrogen-bond donors (Lipinski definition) is 4. The highest BCUT2D eigenvalue weighted by Crippen LogP contribution is 2.59. The fourth-order valence-corrected chi connectivity index (χ4v) is 5.75. The number of dihydropyridines is 1. The van der Waals surface area contributed by atoms with E-state index in [1.807, 2.05) is 26.1 Å². The van der Waals surface area contributed by atoms with Gasteiger partial charge in [0.15, 0.2) is 11.4 Å². The molecule has 9 nitrogen and oxygen atoms in total. The minimum Gasteiger partial charge on any atom is -0.463 e. The number of allylic oxidation sites excluding steroid dienone is 3. The number of epoxide rings is 1. The lowest BCUT2D eigenvalue weighted by atomic mass is 9.71. The van der Waals surface area contributed by atoms with Crippen molar-refractivity contribution in [3.05, 3.63) is 70.1 Å². The topological polar surface area (TPSA) is 143 Å². The fraction of sp³-hybridized carbons (Fsp3) is 0.516. The lowest BCUT2D eigenvalue weighted by Gasteiger charge is -2.26. The molecule has 1 saturated heterocycles. The van der Waals surface area contributed by atoms with Gasteiger partial charge >= 0.3 is 5.97 Å². The summed E-state index contributed by atoms with van der Waals surface area (Å²) < 4.78 is 11.7. The maximum absolute atomic E-state index is 13.9. The molecule has 0 radical (unpaired) electrons. The van der Waals surface area contributed by atoms with Gasteiger partial charge in [0, 0.05) is 36.6 Å². The highest BCUT2D eigenvalue weighted by molar-refractivity contribution is 6.32. The first-order chi connectivity index (χ1) is 19.2. The molecular weight excluding hydrogens is 510 g/mol. The standard InChI is InChI=1S/C31H41N3O6/c1-4-5-8-22(17-33-3)19-39-29(38)31-28(37)25-10-7-6-9-24(25)27(36)30(31,40-31)16-23(18-35)20(2)11-12-21-13-14-34-26(32)15-21/h6-7,9-10,13,15,22,33-35H,4-5,8,11-12,14,16-19,32H2,1-3H3/b23-20-/t22-,30+,31+/m1/s1. The van der Waals surface area contributed by atoms with Crippen molar-refractivity contribution in [2.75, 3.05) is 33.4 Å². The van der Waals surface area contributed by atoms with E-state index >= 15 is 0 Å². The third-order valence-corrected chi connectivity index (χ3v) is 8.21. The first-order valence-electron chi connectivity index (χ1n) is 14.1. The lowest BCUT2D eigenvalue weighted by molar-refractivity contribution is -0.149. The molecule has 9 heteroatoms. The van der Waals surface area contributed by atoms with Crippen molar-refractivity contribution in [2.45, 2.75) is 63.6 Å². The smallest absolute Gasteiger partial charge is 0.350 e. The van der Waals surface area contributed by atoms with Gasteiger partial charge < -0.3 is 30.9 Å². The fourth-order valence-electron chi connectivity index (χ4n) is 5.75. The summed E-state index contributed by atoms with van der Waals surface area (Å²) in [5.74, 6) is -1.17. The number of ketones is 2. The Morgan fingerprint density at radius 2 is 1.98 bits per heavy atom. The molecule has 1 fully saturated rings. The van der Waals surface area contributed by atoms with Crippen molar-refractivity contribution >= 4 is 17.5 Å². The maximum Gasteiger partial charge on any atom is 0.350 e. The largest absolute Gasteiger partial charge is 0.463 e. The number of aliphatic hydroxyl groups is 1. The van der Waals surface area contributed by atoms with Gasteiger partial charge in [-0.3, -0.25) is 9.59 Å². The number of esters is 1. The third-order valence-electron chi connectivity index (χ3n) is 8.21. The Balaban J connectivity index is 1.61. The van der Waals surface area contributed by atoms with Crippen LogP contribution in [0.5, 0.6) is 0 Å². The van der Waals surface area contributed by atoms with Crippen molar-refractivity contribution in [3.8, 4) is 0 Å². The molecule has 1 aliphatic carbocycles. The van der Waals surface area contributed by atoms with Crippen molar-refractivity contribution in [1.82, 2.24) is 10.6 Å². The van der Waals surface area contributed by atoms with Crippen LogP contribution < -0.4 is 16.4 Å². The van der Waals surface area contributed by atoms with E-state index in [9.17, 15) is 19.5 Å². The molecule has 0 bridgehead atoms. The number of ether oxygens (including phenoxy) is 2. The van der Waals surface area contributed by atoms with E-state index in [2.05, 4.69) is 17.6 Å². The summed E-state index contributed by atoms with van der Waals surface area (Å²) in [5, 5.41) is 16.5. The summed E-state index contributed by atoms with van der Waals surface area (Å²) in [4.78, 5) is 41.4. The van der Waals surface area contributed by atoms with Gasteiger partial charge in [-0.2, -0.15) is 0 Å². The lowest BCUT2D eigenvalue weighted by Crippen LogP contribution is -2.51. The number of nitrogens with one attached hydrogen (secondary N) is 2. The molecule has 0 unspecified atom stereocenters. The van der Waals surface area contributed by atoms with Gasteiger partial charge in [0.1, 0.15) is 0 Å². The van der Waals surface area contributed by atoms with E-state index in [1.165, 1.54) is 0 Å². The van der Waals surface area contributed by atoms with Gasteiger partial charge in [-0.15, -0.1) is 0 Å². The molecule has 3 atom stereocenters. The Morgan fingerprint density at radius 1 is 1.25 bits per heavy atom. The van der Waals surface area contributed by atoms with E-state index in [4.69, 9.17) is 15.2 Å². The molecule has 4 rings (SSSR count). The SMILES string of the molecule is CCCC[C@H](CNC)COC(=O)[C@]12O[C@@]1(C/C(CO)=C(\C)CCC1=CCNC(N)=C1)C(=O)c1ccccc1C2=O. The van der Waals surface area contributed by atoms with E-state index < -0.39 is 28.7 Å². The highest BCUT2D eigenvalue weighted by Gasteiger charge is 2.85. The minimum atomic E-state index is -2.05. The number of aliphatic hydroxyl groups excluding tert-OH is 1. The summed E-state index contributed by atoms with van der Waals surface area (Å²) in [7, 11) is 1.84. The first-order valence-corrected chi connectivity index (χ1v) is 14.1. The molecule has 0 aromatic heterocycles. The number of benzene rings is 1. The zero-order chi connectivity index (χ0) is 28.9. The zero-order valence-corrected chi connectivity index (χ0v) is 23.7. The number of fused-ring (bicyclic) bond motifs is 2. The molecule has 3 aliphatic rings. The van der Waals surface area contributed by atoms with Crippen molar-refractivity contribution < 1.29 is 29.0 Å². The van der Waals surface area contributed by atoms with Gasteiger partial charge in [0.2, 0.25) is 5.78 Å². The number of hydrogen-bond acceptors (Lipinski definition) is 9. The summed E-state index contributed by atoms with van der Waals surface area (Å²) in [5.41, 5.74) is 4.98. The quantitative estimate of drug-likeness (QED) is 0.119. The average Bonchev–Trinajstić information content (AvgIpc) is 3.66. The van der Waals surface area contributed by atoms with Gasteiger partial charge in [-0.1, -0.05) is 55.7 Å². The summed E-state index contributed by atoms with van der Waals surface area (Å²) in [6, 6.07) is 6.46. The maximum atomic E-state index is 13.9. The van der Waals surface area contributed by atoms with E-state index in [0.717, 1.165) is 30.4 Å². The van der Waals surface area contributed by atoms with Crippen LogP contribution in [0.15, 0.2) is 59.0 Å². The van der Waals surface area contributed by atoms with Crippen LogP contribution in [-0.4, -0.2) is 67.2 Å². The molecule has 0 saturated carbocycles. The van der Waals surface area contributed by atoms with Crippen LogP contribution in [0.3, 0.4) is 0 Å². The molecular formula is C31H41N3O6. The van der Waals surface area contributed by atoms with Crippen molar-refractivity contribution in [3.63, 3.8) is 0 Å². The number of nitrogens with two attached hydrogens (primary N) is 1. The molecule has 2 aliphatic heterocycles. The number of carbonyl (C=O) groups excluding carboxylic acids is 3. The van der Waals surface area contributed by atoms with Crippen LogP contribution >= 0.6 is 0 Å². The molecule has 1 aromatic carbocycles. The highest BCUT2D eigenvalue weighted by atomic mass is 16.7. The summed E-state index contributed by atoms with van der Waals surface area (Å²) in [6.45, 7) is 5.08. The van der Waals surface area contributed by atoms with Gasteiger partial charge in [-0.25, -0.2) is 4.79 Å². The number of rotatable bonds is 14. The Bertz CT molecular complexity index is 1250. The minimum absolute atomic E-state index is 0.0717. The molecule has 40 heavy (non-hydrogen) atoms. The van der Waals surface area contributed by atoms with Crippen molar-refractivity contribution in [1.29, 1.82) is 0 Å². The second-order valence-corrected chi connectivity index (χ2v) is 11.0. The Kier molecular flexibility index (Phi) is 9.28. The molecule has 0 amide bonds. The van der Waals surface area contributed by atoms with Crippen LogP contribution in [-0.2, 0) is 14.3 Å². The average molecular weight is 552 g/mol. The van der Waals surface area contributed by atoms with Crippen LogP contribution in [0.2, 0.25) is 0 Å². The van der Waals surface area contributed by atoms with Gasteiger partial charge in [0.25, 0.3) is 5.60 Å². The first kappa shape index (κ1) is 29.7. The second kappa shape index (κ2) is 12.5. The molecule has 0 spiro atoms. The van der Waals surface area contributed by atoms with Crippen LogP contribution in [0.4, 0.5) is 0 Å². The van der Waals surface area contributed by atoms with Crippen LogP contribution in [0, 0.1) is 5.92 Å². The van der Waals surface area contributed by atoms with E-state index in [-0.39, 0.29) is 36.7 Å². The zero-order valence-electron chi connectivity index (χ0n) is 23.7. The van der Waals surface area contributed by atoms with Gasteiger partial charge in [0.05, 0.1) is 19.0 Å². The Hall–Kier alpha value is -3.27. The van der Waals surface area contributed by atoms with Crippen molar-refractivity contribution in [2.24, 2.45) is 11.7 Å². The monoisotopic (exact) mass is 551 g/mol. The number of unbranched alkanes of at least 4 members (excludes halogenated alkanes) is 1. The summed E-state index contributed by atoms with van der Waals surface area (Å²) >= 11 is 0. The third kappa shape index (κ3) is 5.50. The molecule has 5 N–H and O–H groups in total.